The summed E-state index contributed by atoms with van der Waals surface area (Å²) in [5.74, 6) is -0.0398. The number of allylic oxidation sites excluding steroid dienone is 1. The molecule has 0 aliphatic heterocycles. The van der Waals surface area contributed by atoms with E-state index in [1.165, 1.54) is 29.5 Å². The number of aromatic nitrogens is 3. The summed E-state index contributed by atoms with van der Waals surface area (Å²) in [5.41, 5.74) is 7.57. The van der Waals surface area contributed by atoms with Gasteiger partial charge in [0.15, 0.2) is 0 Å². The molecular weight excluding hydrogens is 230 g/mol. The van der Waals surface area contributed by atoms with Crippen molar-refractivity contribution < 1.29 is 4.79 Å². The fraction of sp³-hybridized carbons (Fsp3) is 0.583. The Bertz CT molecular complexity index is 437. The Labute approximate surface area is 106 Å². The first-order valence-corrected chi connectivity index (χ1v) is 6.31. The van der Waals surface area contributed by atoms with Crippen molar-refractivity contribution in [3.63, 3.8) is 0 Å². The van der Waals surface area contributed by atoms with E-state index in [9.17, 15) is 4.79 Å². The van der Waals surface area contributed by atoms with Crippen molar-refractivity contribution >= 4 is 5.91 Å². The lowest BCUT2D eigenvalue weighted by Crippen LogP contribution is -2.28. The second-order valence-corrected chi connectivity index (χ2v) is 4.47. The average Bonchev–Trinajstić information content (AvgIpc) is 3.00. The number of hydrogen-bond acceptors (Lipinski definition) is 4. The van der Waals surface area contributed by atoms with Crippen molar-refractivity contribution in [2.75, 3.05) is 6.54 Å². The standard InChI is InChI=1S/C12H19N5O/c13-7-11-8-17(16-15-11)9-12(18)14-6-5-10-3-1-2-4-10/h3,8H,1-2,4-7,9,13H2,(H,14,18). The van der Waals surface area contributed by atoms with E-state index in [0.717, 1.165) is 6.42 Å². The van der Waals surface area contributed by atoms with Crippen molar-refractivity contribution in [1.29, 1.82) is 0 Å². The van der Waals surface area contributed by atoms with E-state index in [4.69, 9.17) is 5.73 Å². The minimum Gasteiger partial charge on any atom is -0.354 e. The molecule has 1 aromatic heterocycles. The second-order valence-electron chi connectivity index (χ2n) is 4.47. The third kappa shape index (κ3) is 3.66. The topological polar surface area (TPSA) is 85.8 Å². The molecule has 3 N–H and O–H groups in total. The number of carbonyl (C=O) groups is 1. The Hall–Kier alpha value is -1.69. The van der Waals surface area contributed by atoms with Gasteiger partial charge in [-0.2, -0.15) is 0 Å². The fourth-order valence-electron chi connectivity index (χ4n) is 2.04. The maximum absolute atomic E-state index is 11.6. The van der Waals surface area contributed by atoms with Crippen LogP contribution in [0.5, 0.6) is 0 Å². The molecule has 0 unspecified atom stereocenters. The highest BCUT2D eigenvalue weighted by molar-refractivity contribution is 5.75. The molecule has 0 saturated carbocycles. The van der Waals surface area contributed by atoms with Crippen LogP contribution in [0.25, 0.3) is 0 Å². The molecule has 1 amide bonds. The lowest BCUT2D eigenvalue weighted by molar-refractivity contribution is -0.121. The van der Waals surface area contributed by atoms with Crippen LogP contribution in [-0.4, -0.2) is 27.4 Å². The van der Waals surface area contributed by atoms with Crippen molar-refractivity contribution in [2.24, 2.45) is 5.73 Å². The van der Waals surface area contributed by atoms with Crippen LogP contribution < -0.4 is 11.1 Å². The highest BCUT2D eigenvalue weighted by atomic mass is 16.2. The van der Waals surface area contributed by atoms with Gasteiger partial charge < -0.3 is 11.1 Å². The number of nitrogens with two attached hydrogens (primary N) is 1. The molecule has 98 valence electrons. The van der Waals surface area contributed by atoms with Gasteiger partial charge >= 0.3 is 0 Å². The molecule has 1 aliphatic carbocycles. The largest absolute Gasteiger partial charge is 0.354 e. The summed E-state index contributed by atoms with van der Waals surface area (Å²) in [6.07, 6.45) is 8.54. The van der Waals surface area contributed by atoms with Crippen LogP contribution in [0.1, 0.15) is 31.4 Å². The first-order chi connectivity index (χ1) is 8.78. The van der Waals surface area contributed by atoms with Gasteiger partial charge in [0, 0.05) is 13.1 Å². The molecule has 1 aromatic rings. The summed E-state index contributed by atoms with van der Waals surface area (Å²) in [5, 5.41) is 10.5. The molecule has 0 saturated heterocycles. The van der Waals surface area contributed by atoms with Gasteiger partial charge in [0.25, 0.3) is 0 Å². The minimum absolute atomic E-state index is 0.0398. The maximum Gasteiger partial charge on any atom is 0.241 e. The number of carbonyl (C=O) groups excluding carboxylic acids is 1. The smallest absolute Gasteiger partial charge is 0.241 e. The molecular formula is C12H19N5O. The van der Waals surface area contributed by atoms with Gasteiger partial charge in [-0.05, 0) is 25.7 Å². The Morgan fingerprint density at radius 3 is 3.11 bits per heavy atom. The highest BCUT2D eigenvalue weighted by Gasteiger charge is 2.07. The summed E-state index contributed by atoms with van der Waals surface area (Å²) in [6, 6.07) is 0. The summed E-state index contributed by atoms with van der Waals surface area (Å²) in [6.45, 7) is 1.24. The molecule has 0 radical (unpaired) electrons. The van der Waals surface area contributed by atoms with Crippen LogP contribution in [0.15, 0.2) is 17.8 Å². The minimum atomic E-state index is -0.0398. The molecule has 1 heterocycles. The predicted molar refractivity (Wildman–Crippen MR) is 67.5 cm³/mol. The quantitative estimate of drug-likeness (QED) is 0.712. The molecule has 0 aromatic carbocycles. The first-order valence-electron chi connectivity index (χ1n) is 6.31. The number of hydrogen-bond donors (Lipinski definition) is 2. The Morgan fingerprint density at radius 1 is 1.56 bits per heavy atom. The monoisotopic (exact) mass is 249 g/mol. The second kappa shape index (κ2) is 6.30. The third-order valence-electron chi connectivity index (χ3n) is 3.00. The van der Waals surface area contributed by atoms with E-state index >= 15 is 0 Å². The van der Waals surface area contributed by atoms with E-state index < -0.39 is 0 Å². The van der Waals surface area contributed by atoms with Crippen molar-refractivity contribution in [3.8, 4) is 0 Å². The van der Waals surface area contributed by atoms with Gasteiger partial charge in [-0.1, -0.05) is 16.9 Å². The molecule has 2 rings (SSSR count). The van der Waals surface area contributed by atoms with Gasteiger partial charge in [-0.3, -0.25) is 4.79 Å². The van der Waals surface area contributed by atoms with Gasteiger partial charge in [-0.25, -0.2) is 4.68 Å². The number of nitrogens with zero attached hydrogens (tertiary/aromatic N) is 3. The lowest BCUT2D eigenvalue weighted by atomic mass is 10.2. The van der Waals surface area contributed by atoms with E-state index in [1.807, 2.05) is 0 Å². The molecule has 0 fully saturated rings. The number of rotatable bonds is 6. The summed E-state index contributed by atoms with van der Waals surface area (Å²) >= 11 is 0. The van der Waals surface area contributed by atoms with Crippen LogP contribution in [0.2, 0.25) is 0 Å². The molecule has 18 heavy (non-hydrogen) atoms. The van der Waals surface area contributed by atoms with Gasteiger partial charge in [-0.15, -0.1) is 5.10 Å². The molecule has 6 heteroatoms. The third-order valence-corrected chi connectivity index (χ3v) is 3.00. The van der Waals surface area contributed by atoms with Crippen LogP contribution in [0.3, 0.4) is 0 Å². The maximum atomic E-state index is 11.6. The van der Waals surface area contributed by atoms with E-state index in [1.54, 1.807) is 6.20 Å². The number of nitrogens with one attached hydrogen (secondary N) is 1. The van der Waals surface area contributed by atoms with Crippen molar-refractivity contribution in [2.45, 2.75) is 38.8 Å². The molecule has 0 atom stereocenters. The van der Waals surface area contributed by atoms with E-state index in [2.05, 4.69) is 21.7 Å². The summed E-state index contributed by atoms with van der Waals surface area (Å²) in [7, 11) is 0. The zero-order chi connectivity index (χ0) is 12.8. The van der Waals surface area contributed by atoms with E-state index in [-0.39, 0.29) is 12.5 Å². The van der Waals surface area contributed by atoms with Crippen LogP contribution >= 0.6 is 0 Å². The Balaban J connectivity index is 1.68. The van der Waals surface area contributed by atoms with Crippen LogP contribution in [-0.2, 0) is 17.9 Å². The zero-order valence-corrected chi connectivity index (χ0v) is 10.4. The molecule has 6 nitrogen and oxygen atoms in total. The fourth-order valence-corrected chi connectivity index (χ4v) is 2.04. The SMILES string of the molecule is NCc1cn(CC(=O)NCCC2=CCCC2)nn1. The molecule has 1 aliphatic rings. The molecule has 0 spiro atoms. The van der Waals surface area contributed by atoms with Gasteiger partial charge in [0.05, 0.1) is 11.9 Å². The van der Waals surface area contributed by atoms with Crippen LogP contribution in [0.4, 0.5) is 0 Å². The summed E-state index contributed by atoms with van der Waals surface area (Å²) in [4.78, 5) is 11.6. The molecule has 0 bridgehead atoms. The van der Waals surface area contributed by atoms with Gasteiger partial charge in [0.2, 0.25) is 5.91 Å². The predicted octanol–water partition coefficient (Wildman–Crippen LogP) is 0.353. The van der Waals surface area contributed by atoms with Crippen molar-refractivity contribution in [1.82, 2.24) is 20.3 Å². The first kappa shape index (κ1) is 12.8. The Kier molecular flexibility index (Phi) is 4.46. The Morgan fingerprint density at radius 2 is 2.44 bits per heavy atom. The van der Waals surface area contributed by atoms with Crippen LogP contribution in [0, 0.1) is 0 Å². The highest BCUT2D eigenvalue weighted by Crippen LogP contribution is 2.19. The number of amides is 1. The normalized spacial score (nSPS) is 14.6. The summed E-state index contributed by atoms with van der Waals surface area (Å²) < 4.78 is 1.51. The van der Waals surface area contributed by atoms with Gasteiger partial charge in [0.1, 0.15) is 6.54 Å². The van der Waals surface area contributed by atoms with Crippen molar-refractivity contribution in [3.05, 3.63) is 23.5 Å². The average molecular weight is 249 g/mol. The zero-order valence-electron chi connectivity index (χ0n) is 10.4. The lowest BCUT2D eigenvalue weighted by Gasteiger charge is -2.05. The van der Waals surface area contributed by atoms with E-state index in [0.29, 0.717) is 18.8 Å².